The predicted molar refractivity (Wildman–Crippen MR) is 124 cm³/mol. The van der Waals surface area contributed by atoms with E-state index in [9.17, 15) is 24.0 Å². The van der Waals surface area contributed by atoms with Gasteiger partial charge < -0.3 is 24.3 Å². The topological polar surface area (TPSA) is 126 Å². The minimum Gasteiger partial charge on any atom is -0.467 e. The predicted octanol–water partition coefficient (Wildman–Crippen LogP) is 1.66. The van der Waals surface area contributed by atoms with Crippen LogP contribution in [0.2, 0.25) is 0 Å². The number of amides is 2. The Kier molecular flexibility index (Phi) is 6.63. The van der Waals surface area contributed by atoms with Crippen LogP contribution in [0.4, 0.5) is 0 Å². The minimum absolute atomic E-state index is 0.0485. The molecular weight excluding hydrogens is 454 g/mol. The van der Waals surface area contributed by atoms with Gasteiger partial charge >= 0.3 is 11.9 Å². The number of piperazine rings is 1. The number of hydrogen-bond acceptors (Lipinski definition) is 7. The molecule has 1 fully saturated rings. The number of Topliss-reactive ketones (excluding diaryl/α,β-unsaturated/α-hetero) is 1. The molecular formula is C25H23N3O7. The average Bonchev–Trinajstić information content (AvgIpc) is 3.35. The Morgan fingerprint density at radius 3 is 2.31 bits per heavy atom. The molecule has 1 aliphatic rings. The van der Waals surface area contributed by atoms with Gasteiger partial charge in [-0.3, -0.25) is 14.4 Å². The standard InChI is InChI=1S/C25H23N3O7/c1-34-24(32)17-10-6-9-16-18(13-26-20(16)17)21(29)23(31)27-11-12-28(19(14-27)25(33)35-2)22(30)15-7-4-3-5-8-15/h3-10,13,19,26H,11-12,14H2,1-2H3. The van der Waals surface area contributed by atoms with Crippen LogP contribution in [-0.2, 0) is 19.1 Å². The minimum atomic E-state index is -1.06. The van der Waals surface area contributed by atoms with Crippen molar-refractivity contribution in [1.29, 1.82) is 0 Å². The van der Waals surface area contributed by atoms with Crippen LogP contribution >= 0.6 is 0 Å². The van der Waals surface area contributed by atoms with E-state index in [4.69, 9.17) is 9.47 Å². The lowest BCUT2D eigenvalue weighted by molar-refractivity contribution is -0.149. The van der Waals surface area contributed by atoms with Crippen LogP contribution in [0.5, 0.6) is 0 Å². The summed E-state index contributed by atoms with van der Waals surface area (Å²) >= 11 is 0. The van der Waals surface area contributed by atoms with Crippen LogP contribution in [0.1, 0.15) is 31.1 Å². The van der Waals surface area contributed by atoms with Crippen molar-refractivity contribution in [2.75, 3.05) is 33.9 Å². The summed E-state index contributed by atoms with van der Waals surface area (Å²) in [7, 11) is 2.45. The van der Waals surface area contributed by atoms with Gasteiger partial charge in [0.05, 0.1) is 37.4 Å². The summed E-state index contributed by atoms with van der Waals surface area (Å²) in [6, 6.07) is 12.2. The zero-order valence-electron chi connectivity index (χ0n) is 19.1. The molecule has 0 bridgehead atoms. The van der Waals surface area contributed by atoms with E-state index >= 15 is 0 Å². The zero-order valence-corrected chi connectivity index (χ0v) is 19.1. The first kappa shape index (κ1) is 23.7. The molecule has 1 N–H and O–H groups in total. The van der Waals surface area contributed by atoms with Gasteiger partial charge in [-0.1, -0.05) is 30.3 Å². The summed E-state index contributed by atoms with van der Waals surface area (Å²) in [6.45, 7) is -0.0785. The largest absolute Gasteiger partial charge is 0.467 e. The number of H-pyrrole nitrogens is 1. The third-order valence-corrected chi connectivity index (χ3v) is 5.98. The molecule has 10 heteroatoms. The van der Waals surface area contributed by atoms with E-state index in [0.29, 0.717) is 16.5 Å². The van der Waals surface area contributed by atoms with Crippen LogP contribution in [-0.4, -0.2) is 84.2 Å². The second-order valence-corrected chi connectivity index (χ2v) is 7.91. The normalized spacial score (nSPS) is 15.5. The smallest absolute Gasteiger partial charge is 0.339 e. The molecule has 0 aliphatic carbocycles. The van der Waals surface area contributed by atoms with Crippen LogP contribution in [0.15, 0.2) is 54.7 Å². The Balaban J connectivity index is 1.58. The van der Waals surface area contributed by atoms with Crippen molar-refractivity contribution >= 4 is 40.4 Å². The van der Waals surface area contributed by atoms with Gasteiger partial charge in [0.15, 0.2) is 0 Å². The molecule has 0 radical (unpaired) electrons. The van der Waals surface area contributed by atoms with Gasteiger partial charge in [0.25, 0.3) is 17.6 Å². The molecule has 1 unspecified atom stereocenters. The summed E-state index contributed by atoms with van der Waals surface area (Å²) in [5, 5.41) is 0.397. The van der Waals surface area contributed by atoms with Crippen LogP contribution < -0.4 is 0 Å². The van der Waals surface area contributed by atoms with E-state index in [1.165, 1.54) is 30.2 Å². The zero-order chi connectivity index (χ0) is 25.1. The van der Waals surface area contributed by atoms with E-state index in [2.05, 4.69) is 4.98 Å². The Labute approximate surface area is 200 Å². The van der Waals surface area contributed by atoms with Gasteiger partial charge in [-0.2, -0.15) is 0 Å². The number of fused-ring (bicyclic) bond motifs is 1. The van der Waals surface area contributed by atoms with Crippen molar-refractivity contribution < 1.29 is 33.4 Å². The average molecular weight is 477 g/mol. The number of ether oxygens (including phenoxy) is 2. The van der Waals surface area contributed by atoms with Crippen LogP contribution in [0.3, 0.4) is 0 Å². The number of nitrogens with zero attached hydrogens (tertiary/aromatic N) is 2. The van der Waals surface area contributed by atoms with Crippen molar-refractivity contribution in [3.63, 3.8) is 0 Å². The number of esters is 2. The quantitative estimate of drug-likeness (QED) is 0.336. The van der Waals surface area contributed by atoms with Crippen molar-refractivity contribution in [3.05, 3.63) is 71.4 Å². The van der Waals surface area contributed by atoms with Gasteiger partial charge in [0.1, 0.15) is 6.04 Å². The van der Waals surface area contributed by atoms with Gasteiger partial charge in [-0.25, -0.2) is 9.59 Å². The summed E-state index contributed by atoms with van der Waals surface area (Å²) < 4.78 is 9.63. The summed E-state index contributed by atoms with van der Waals surface area (Å²) in [4.78, 5) is 69.2. The number of rotatable bonds is 5. The molecule has 1 atom stereocenters. The Bertz CT molecular complexity index is 1320. The fourth-order valence-electron chi connectivity index (χ4n) is 4.18. The van der Waals surface area contributed by atoms with Crippen LogP contribution in [0, 0.1) is 0 Å². The lowest BCUT2D eigenvalue weighted by Crippen LogP contribution is -2.60. The fourth-order valence-corrected chi connectivity index (χ4v) is 4.18. The first-order chi connectivity index (χ1) is 16.9. The van der Waals surface area contributed by atoms with Crippen molar-refractivity contribution in [2.24, 2.45) is 0 Å². The first-order valence-electron chi connectivity index (χ1n) is 10.8. The second-order valence-electron chi connectivity index (χ2n) is 7.91. The molecule has 0 spiro atoms. The number of aromatic nitrogens is 1. The van der Waals surface area contributed by atoms with Crippen molar-refractivity contribution in [3.8, 4) is 0 Å². The number of nitrogens with one attached hydrogen (secondary N) is 1. The molecule has 1 aromatic heterocycles. The molecule has 180 valence electrons. The van der Waals surface area contributed by atoms with E-state index in [-0.39, 0.29) is 36.7 Å². The number of methoxy groups -OCH3 is 2. The molecule has 35 heavy (non-hydrogen) atoms. The first-order valence-corrected chi connectivity index (χ1v) is 10.8. The number of para-hydroxylation sites is 1. The highest BCUT2D eigenvalue weighted by molar-refractivity contribution is 6.45. The number of benzene rings is 2. The maximum absolute atomic E-state index is 13.1. The molecule has 3 aromatic rings. The number of carbonyl (C=O) groups excluding carboxylic acids is 5. The van der Waals surface area contributed by atoms with E-state index in [0.717, 1.165) is 0 Å². The lowest BCUT2D eigenvalue weighted by Gasteiger charge is -2.39. The lowest BCUT2D eigenvalue weighted by atomic mass is 10.0. The molecule has 2 heterocycles. The molecule has 2 amide bonds. The van der Waals surface area contributed by atoms with Gasteiger partial charge in [0, 0.05) is 30.2 Å². The number of aromatic amines is 1. The van der Waals surface area contributed by atoms with Gasteiger partial charge in [-0.15, -0.1) is 0 Å². The number of ketones is 1. The highest BCUT2D eigenvalue weighted by atomic mass is 16.5. The van der Waals surface area contributed by atoms with Gasteiger partial charge in [-0.05, 0) is 18.2 Å². The Morgan fingerprint density at radius 1 is 0.886 bits per heavy atom. The molecule has 2 aromatic carbocycles. The highest BCUT2D eigenvalue weighted by Gasteiger charge is 2.39. The Morgan fingerprint density at radius 2 is 1.63 bits per heavy atom. The SMILES string of the molecule is COC(=O)c1cccc2c(C(=O)C(=O)N3CCN(C(=O)c4ccccc4)C(C(=O)OC)C3)c[nH]c12. The second kappa shape index (κ2) is 9.80. The summed E-state index contributed by atoms with van der Waals surface area (Å²) in [5.41, 5.74) is 1.10. The molecule has 10 nitrogen and oxygen atoms in total. The van der Waals surface area contributed by atoms with Gasteiger partial charge in [0.2, 0.25) is 0 Å². The molecule has 1 saturated heterocycles. The molecule has 4 rings (SSSR count). The molecule has 0 saturated carbocycles. The van der Waals surface area contributed by atoms with Crippen molar-refractivity contribution in [1.82, 2.24) is 14.8 Å². The number of carbonyl (C=O) groups is 5. The maximum atomic E-state index is 13.1. The third kappa shape index (κ3) is 4.37. The Hall–Kier alpha value is -4.47. The summed E-state index contributed by atoms with van der Waals surface area (Å²) in [6.07, 6.45) is 1.37. The van der Waals surface area contributed by atoms with Crippen molar-refractivity contribution in [2.45, 2.75) is 6.04 Å². The third-order valence-electron chi connectivity index (χ3n) is 5.98. The van der Waals surface area contributed by atoms with E-state index in [1.807, 2.05) is 0 Å². The van der Waals surface area contributed by atoms with E-state index < -0.39 is 29.7 Å². The van der Waals surface area contributed by atoms with Crippen LogP contribution in [0.25, 0.3) is 10.9 Å². The highest BCUT2D eigenvalue weighted by Crippen LogP contribution is 2.24. The molecule has 1 aliphatic heterocycles. The number of hydrogen-bond donors (Lipinski definition) is 1. The summed E-state index contributed by atoms with van der Waals surface area (Å²) in [5.74, 6) is -3.26. The monoisotopic (exact) mass is 477 g/mol. The van der Waals surface area contributed by atoms with E-state index in [1.54, 1.807) is 48.5 Å². The maximum Gasteiger partial charge on any atom is 0.339 e. The fraction of sp³-hybridized carbons (Fsp3) is 0.240.